The molecule has 0 aromatic heterocycles. The number of halogens is 3. The molecule has 0 spiro atoms. The molecule has 1 aliphatic heterocycles. The van der Waals surface area contributed by atoms with E-state index in [4.69, 9.17) is 5.84 Å². The predicted molar refractivity (Wildman–Crippen MR) is 76.4 cm³/mol. The zero-order valence-electron chi connectivity index (χ0n) is 11.3. The Labute approximate surface area is 121 Å². The minimum atomic E-state index is -4.28. The van der Waals surface area contributed by atoms with Gasteiger partial charge < -0.3 is 0 Å². The third-order valence-corrected chi connectivity index (χ3v) is 5.55. The van der Waals surface area contributed by atoms with Crippen LogP contribution < -0.4 is 11.3 Å². The van der Waals surface area contributed by atoms with Crippen molar-refractivity contribution in [2.45, 2.75) is 43.2 Å². The number of hydrogen-bond donors (Lipinski definition) is 2. The number of hydrogen-bond acceptors (Lipinski definition) is 3. The number of nitrogens with two attached hydrogens (primary N) is 1. The highest BCUT2D eigenvalue weighted by Crippen LogP contribution is 2.41. The van der Waals surface area contributed by atoms with Gasteiger partial charge in [-0.3, -0.25) is 11.3 Å². The van der Waals surface area contributed by atoms with Crippen molar-refractivity contribution in [2.24, 2.45) is 5.84 Å². The topological polar surface area (TPSA) is 38.0 Å². The molecule has 0 amide bonds. The summed E-state index contributed by atoms with van der Waals surface area (Å²) in [4.78, 5) is 0. The first-order valence-electron chi connectivity index (χ1n) is 6.61. The molecule has 1 aromatic rings. The first-order chi connectivity index (χ1) is 9.35. The Balaban J connectivity index is 2.08. The largest absolute Gasteiger partial charge is 0.416 e. The van der Waals surface area contributed by atoms with Gasteiger partial charge in [-0.05, 0) is 49.6 Å². The van der Waals surface area contributed by atoms with Gasteiger partial charge in [0.25, 0.3) is 0 Å². The average molecular weight is 304 g/mol. The molecule has 1 aromatic carbocycles. The smallest absolute Gasteiger partial charge is 0.271 e. The van der Waals surface area contributed by atoms with E-state index in [9.17, 15) is 13.2 Å². The molecule has 0 aliphatic carbocycles. The van der Waals surface area contributed by atoms with E-state index in [1.807, 2.05) is 11.8 Å². The monoisotopic (exact) mass is 304 g/mol. The van der Waals surface area contributed by atoms with Crippen LogP contribution in [0.4, 0.5) is 13.2 Å². The molecule has 0 radical (unpaired) electrons. The molecule has 2 rings (SSSR count). The van der Waals surface area contributed by atoms with E-state index in [2.05, 4.69) is 12.3 Å². The van der Waals surface area contributed by atoms with Crippen LogP contribution >= 0.6 is 11.8 Å². The van der Waals surface area contributed by atoms with Crippen LogP contribution in [0, 0.1) is 0 Å². The van der Waals surface area contributed by atoms with E-state index in [1.54, 1.807) is 0 Å². The molecule has 2 unspecified atom stereocenters. The molecule has 1 fully saturated rings. The summed E-state index contributed by atoms with van der Waals surface area (Å²) in [5.74, 6) is 6.75. The fourth-order valence-corrected chi connectivity index (χ4v) is 3.99. The lowest BCUT2D eigenvalue weighted by molar-refractivity contribution is -0.137. The van der Waals surface area contributed by atoms with Crippen LogP contribution in [0.1, 0.15) is 30.9 Å². The van der Waals surface area contributed by atoms with Crippen LogP contribution in [0.15, 0.2) is 24.3 Å². The first-order valence-corrected chi connectivity index (χ1v) is 7.60. The molecular formula is C14H19F3N2S. The molecule has 1 aliphatic rings. The quantitative estimate of drug-likeness (QED) is 0.661. The lowest BCUT2D eigenvalue weighted by Crippen LogP contribution is -2.50. The van der Waals surface area contributed by atoms with Crippen LogP contribution in [-0.2, 0) is 12.6 Å². The van der Waals surface area contributed by atoms with Crippen molar-refractivity contribution in [3.63, 3.8) is 0 Å². The molecular weight excluding hydrogens is 285 g/mol. The second-order valence-corrected chi connectivity index (χ2v) is 7.01. The van der Waals surface area contributed by atoms with Crippen molar-refractivity contribution in [1.29, 1.82) is 0 Å². The number of nitrogens with one attached hydrogen (secondary N) is 1. The summed E-state index contributed by atoms with van der Waals surface area (Å²) >= 11 is 1.88. The molecule has 20 heavy (non-hydrogen) atoms. The number of benzene rings is 1. The normalized spacial score (nSPS) is 24.9. The summed E-state index contributed by atoms with van der Waals surface area (Å²) in [6.45, 7) is 2.17. The molecule has 6 heteroatoms. The lowest BCUT2D eigenvalue weighted by Gasteiger charge is -2.33. The second kappa shape index (κ2) is 5.95. The van der Waals surface area contributed by atoms with E-state index in [0.29, 0.717) is 6.42 Å². The van der Waals surface area contributed by atoms with Crippen molar-refractivity contribution >= 4 is 11.8 Å². The zero-order valence-corrected chi connectivity index (χ0v) is 12.2. The molecule has 0 bridgehead atoms. The van der Waals surface area contributed by atoms with Gasteiger partial charge in [-0.1, -0.05) is 12.1 Å². The summed E-state index contributed by atoms with van der Waals surface area (Å²) in [5.41, 5.74) is 3.09. The minimum Gasteiger partial charge on any atom is -0.271 e. The van der Waals surface area contributed by atoms with Gasteiger partial charge in [0.05, 0.1) is 5.56 Å². The van der Waals surface area contributed by atoms with Crippen LogP contribution in [0.2, 0.25) is 0 Å². The highest BCUT2D eigenvalue weighted by Gasteiger charge is 2.37. The number of rotatable bonds is 4. The van der Waals surface area contributed by atoms with Gasteiger partial charge in [0.2, 0.25) is 0 Å². The van der Waals surface area contributed by atoms with Crippen LogP contribution in [0.3, 0.4) is 0 Å². The third-order valence-electron chi connectivity index (χ3n) is 3.91. The predicted octanol–water partition coefficient (Wildman–Crippen LogP) is 3.37. The first kappa shape index (κ1) is 15.7. The van der Waals surface area contributed by atoms with Crippen molar-refractivity contribution in [1.82, 2.24) is 5.43 Å². The molecule has 2 nitrogen and oxygen atoms in total. The molecule has 3 N–H and O–H groups in total. The van der Waals surface area contributed by atoms with E-state index >= 15 is 0 Å². The van der Waals surface area contributed by atoms with Crippen molar-refractivity contribution in [2.75, 3.05) is 5.75 Å². The average Bonchev–Trinajstić information content (AvgIpc) is 2.83. The van der Waals surface area contributed by atoms with E-state index in [-0.39, 0.29) is 10.8 Å². The highest BCUT2D eigenvalue weighted by atomic mass is 32.2. The number of thioether (sulfide) groups is 1. The molecule has 1 saturated heterocycles. The summed E-state index contributed by atoms with van der Waals surface area (Å²) in [6.07, 6.45) is -1.41. The standard InChI is InChI=1S/C14H19F3N2S/c1-13(7-2-8-20-13)12(19-18)9-10-3-5-11(6-4-10)14(15,16)17/h3-6,12,19H,2,7-9,18H2,1H3. The molecule has 2 atom stereocenters. The van der Waals surface area contributed by atoms with Gasteiger partial charge in [0.15, 0.2) is 0 Å². The van der Waals surface area contributed by atoms with Gasteiger partial charge >= 0.3 is 6.18 Å². The van der Waals surface area contributed by atoms with E-state index < -0.39 is 11.7 Å². The Hall–Kier alpha value is -0.720. The lowest BCUT2D eigenvalue weighted by atomic mass is 9.91. The SMILES string of the molecule is CC1(C(Cc2ccc(C(F)(F)F)cc2)NN)CCCS1. The maximum absolute atomic E-state index is 12.5. The Kier molecular flexibility index (Phi) is 4.66. The summed E-state index contributed by atoms with van der Waals surface area (Å²) in [5, 5.41) is 0. The fourth-order valence-electron chi connectivity index (χ4n) is 2.59. The Bertz CT molecular complexity index is 439. The van der Waals surface area contributed by atoms with Gasteiger partial charge in [-0.15, -0.1) is 0 Å². The van der Waals surface area contributed by atoms with Gasteiger partial charge in [-0.2, -0.15) is 24.9 Å². The van der Waals surface area contributed by atoms with Crippen LogP contribution in [0.25, 0.3) is 0 Å². The van der Waals surface area contributed by atoms with E-state index in [0.717, 1.165) is 36.3 Å². The third kappa shape index (κ3) is 3.48. The van der Waals surface area contributed by atoms with Crippen LogP contribution in [0.5, 0.6) is 0 Å². The van der Waals surface area contributed by atoms with Crippen molar-refractivity contribution in [3.05, 3.63) is 35.4 Å². The van der Waals surface area contributed by atoms with Crippen molar-refractivity contribution in [3.8, 4) is 0 Å². The maximum atomic E-state index is 12.5. The number of hydrazine groups is 1. The van der Waals surface area contributed by atoms with Gasteiger partial charge in [0.1, 0.15) is 0 Å². The fraction of sp³-hybridized carbons (Fsp3) is 0.571. The van der Waals surface area contributed by atoms with Crippen molar-refractivity contribution < 1.29 is 13.2 Å². The Morgan fingerprint density at radius 1 is 1.35 bits per heavy atom. The van der Waals surface area contributed by atoms with E-state index in [1.165, 1.54) is 12.1 Å². The Morgan fingerprint density at radius 2 is 2.00 bits per heavy atom. The van der Waals surface area contributed by atoms with Crippen LogP contribution in [-0.4, -0.2) is 16.5 Å². The molecule has 112 valence electrons. The summed E-state index contributed by atoms with van der Waals surface area (Å²) in [6, 6.07) is 5.40. The molecule has 1 heterocycles. The Morgan fingerprint density at radius 3 is 2.45 bits per heavy atom. The highest BCUT2D eigenvalue weighted by molar-refractivity contribution is 8.00. The zero-order chi connectivity index (χ0) is 14.8. The minimum absolute atomic E-state index is 0.0530. The second-order valence-electron chi connectivity index (χ2n) is 5.38. The van der Waals surface area contributed by atoms with Gasteiger partial charge in [-0.25, -0.2) is 0 Å². The van der Waals surface area contributed by atoms with Gasteiger partial charge in [0, 0.05) is 10.8 Å². The molecule has 0 saturated carbocycles. The summed E-state index contributed by atoms with van der Waals surface area (Å²) in [7, 11) is 0. The number of alkyl halides is 3. The summed E-state index contributed by atoms with van der Waals surface area (Å²) < 4.78 is 37.6. The maximum Gasteiger partial charge on any atom is 0.416 e.